The minimum Gasteiger partial charge on any atom is -0.372 e. The first kappa shape index (κ1) is 11.8. The predicted octanol–water partition coefficient (Wildman–Crippen LogP) is 2.11. The number of nitrogens with zero attached hydrogens (tertiary/aromatic N) is 3. The summed E-state index contributed by atoms with van der Waals surface area (Å²) < 4.78 is 10.1. The fourth-order valence-corrected chi connectivity index (χ4v) is 2.60. The van der Waals surface area contributed by atoms with Crippen molar-refractivity contribution in [2.24, 2.45) is 0 Å². The monoisotopic (exact) mass is 241 g/mol. The Kier molecular flexibility index (Phi) is 3.44. The summed E-state index contributed by atoms with van der Waals surface area (Å²) in [6, 6.07) is 0. The second-order valence-electron chi connectivity index (χ2n) is 4.42. The largest absolute Gasteiger partial charge is 0.372 e. The van der Waals surface area contributed by atoms with Gasteiger partial charge in [-0.2, -0.15) is 4.37 Å². The molecule has 0 aliphatic carbocycles. The van der Waals surface area contributed by atoms with Crippen molar-refractivity contribution in [1.82, 2.24) is 9.36 Å². The van der Waals surface area contributed by atoms with Gasteiger partial charge in [-0.15, -0.1) is 0 Å². The van der Waals surface area contributed by atoms with E-state index >= 15 is 0 Å². The van der Waals surface area contributed by atoms with Gasteiger partial charge in [-0.05, 0) is 13.3 Å². The van der Waals surface area contributed by atoms with Crippen molar-refractivity contribution in [3.63, 3.8) is 0 Å². The van der Waals surface area contributed by atoms with Gasteiger partial charge in [-0.1, -0.05) is 13.8 Å². The van der Waals surface area contributed by atoms with Gasteiger partial charge < -0.3 is 9.64 Å². The van der Waals surface area contributed by atoms with Gasteiger partial charge >= 0.3 is 0 Å². The van der Waals surface area contributed by atoms with Gasteiger partial charge in [0.1, 0.15) is 5.82 Å². The van der Waals surface area contributed by atoms with Crippen molar-refractivity contribution in [3.8, 4) is 0 Å². The molecule has 1 aliphatic heterocycles. The first-order valence-electron chi connectivity index (χ1n) is 5.88. The maximum atomic E-state index is 5.81. The molecule has 5 heteroatoms. The van der Waals surface area contributed by atoms with Crippen molar-refractivity contribution >= 4 is 16.7 Å². The van der Waals surface area contributed by atoms with Crippen LogP contribution in [0.2, 0.25) is 0 Å². The third-order valence-electron chi connectivity index (χ3n) is 3.13. The lowest BCUT2D eigenvalue weighted by Gasteiger charge is -2.39. The molecule has 2 heterocycles. The molecule has 1 saturated heterocycles. The number of aromatic nitrogens is 2. The van der Waals surface area contributed by atoms with Crippen LogP contribution in [0.1, 0.15) is 33.0 Å². The van der Waals surface area contributed by atoms with E-state index in [1.807, 2.05) is 0 Å². The molecule has 90 valence electrons. The molecule has 2 rings (SSSR count). The van der Waals surface area contributed by atoms with E-state index in [0.717, 1.165) is 43.5 Å². The van der Waals surface area contributed by atoms with Crippen LogP contribution in [-0.2, 0) is 11.2 Å². The van der Waals surface area contributed by atoms with E-state index in [1.54, 1.807) is 0 Å². The van der Waals surface area contributed by atoms with Gasteiger partial charge in [-0.3, -0.25) is 0 Å². The Bertz CT molecular complexity index is 355. The Morgan fingerprint density at radius 3 is 2.94 bits per heavy atom. The molecule has 16 heavy (non-hydrogen) atoms. The summed E-state index contributed by atoms with van der Waals surface area (Å²) in [7, 11) is 0. The first-order valence-corrected chi connectivity index (χ1v) is 6.65. The molecule has 1 atom stereocenters. The van der Waals surface area contributed by atoms with Crippen LogP contribution >= 0.6 is 11.5 Å². The molecular formula is C11H19N3OS. The standard InChI is InChI=1S/C11H19N3OS/c1-4-9-12-10(16-13-9)14-6-7-15-11(3,5-2)8-14/h4-8H2,1-3H3. The van der Waals surface area contributed by atoms with E-state index < -0.39 is 0 Å². The molecule has 1 aromatic rings. The number of hydrogen-bond acceptors (Lipinski definition) is 5. The highest BCUT2D eigenvalue weighted by Crippen LogP contribution is 2.26. The molecule has 1 aliphatic rings. The lowest BCUT2D eigenvalue weighted by molar-refractivity contribution is -0.0441. The van der Waals surface area contributed by atoms with Crippen LogP contribution < -0.4 is 4.90 Å². The fraction of sp³-hybridized carbons (Fsp3) is 0.818. The number of ether oxygens (including phenoxy) is 1. The lowest BCUT2D eigenvalue weighted by Crippen LogP contribution is -2.49. The summed E-state index contributed by atoms with van der Waals surface area (Å²) in [5.41, 5.74) is -0.0315. The van der Waals surface area contributed by atoms with Gasteiger partial charge in [0.2, 0.25) is 5.13 Å². The number of anilines is 1. The maximum absolute atomic E-state index is 5.81. The fourth-order valence-electron chi connectivity index (χ4n) is 1.82. The van der Waals surface area contributed by atoms with Crippen LogP contribution in [-0.4, -0.2) is 34.7 Å². The van der Waals surface area contributed by atoms with Gasteiger partial charge in [0, 0.05) is 31.0 Å². The van der Waals surface area contributed by atoms with Crippen LogP contribution in [0, 0.1) is 0 Å². The minimum absolute atomic E-state index is 0.0315. The van der Waals surface area contributed by atoms with Gasteiger partial charge in [0.25, 0.3) is 0 Å². The zero-order valence-corrected chi connectivity index (χ0v) is 11.0. The zero-order chi connectivity index (χ0) is 11.6. The van der Waals surface area contributed by atoms with Gasteiger partial charge in [0.05, 0.1) is 12.2 Å². The summed E-state index contributed by atoms with van der Waals surface area (Å²) in [6.07, 6.45) is 1.94. The quantitative estimate of drug-likeness (QED) is 0.812. The minimum atomic E-state index is -0.0315. The summed E-state index contributed by atoms with van der Waals surface area (Å²) in [5.74, 6) is 0.949. The van der Waals surface area contributed by atoms with E-state index in [4.69, 9.17) is 4.74 Å². The lowest BCUT2D eigenvalue weighted by atomic mass is 10.0. The third-order valence-corrected chi connectivity index (χ3v) is 3.94. The Hall–Kier alpha value is -0.680. The second kappa shape index (κ2) is 4.67. The van der Waals surface area contributed by atoms with Crippen molar-refractivity contribution in [2.75, 3.05) is 24.6 Å². The van der Waals surface area contributed by atoms with E-state index in [1.165, 1.54) is 11.5 Å². The summed E-state index contributed by atoms with van der Waals surface area (Å²) >= 11 is 1.50. The van der Waals surface area contributed by atoms with Crippen LogP contribution in [0.5, 0.6) is 0 Å². The predicted molar refractivity (Wildman–Crippen MR) is 66.1 cm³/mol. The van der Waals surface area contributed by atoms with E-state index in [0.29, 0.717) is 0 Å². The first-order chi connectivity index (χ1) is 7.67. The topological polar surface area (TPSA) is 38.2 Å². The average molecular weight is 241 g/mol. The maximum Gasteiger partial charge on any atom is 0.205 e. The zero-order valence-electron chi connectivity index (χ0n) is 10.2. The number of morpholine rings is 1. The Morgan fingerprint density at radius 1 is 1.50 bits per heavy atom. The molecular weight excluding hydrogens is 222 g/mol. The van der Waals surface area contributed by atoms with Gasteiger partial charge in [0.15, 0.2) is 0 Å². The van der Waals surface area contributed by atoms with E-state index in [2.05, 4.69) is 35.0 Å². The highest BCUT2D eigenvalue weighted by molar-refractivity contribution is 7.09. The number of rotatable bonds is 3. The highest BCUT2D eigenvalue weighted by Gasteiger charge is 2.31. The number of aryl methyl sites for hydroxylation is 1. The Morgan fingerprint density at radius 2 is 2.31 bits per heavy atom. The smallest absolute Gasteiger partial charge is 0.205 e. The highest BCUT2D eigenvalue weighted by atomic mass is 32.1. The third kappa shape index (κ3) is 2.35. The Labute approximate surface area is 101 Å². The van der Waals surface area contributed by atoms with Crippen molar-refractivity contribution in [3.05, 3.63) is 5.82 Å². The molecule has 0 spiro atoms. The molecule has 0 bridgehead atoms. The molecule has 1 aromatic heterocycles. The molecule has 4 nitrogen and oxygen atoms in total. The van der Waals surface area contributed by atoms with Crippen LogP contribution in [0.15, 0.2) is 0 Å². The average Bonchev–Trinajstić information content (AvgIpc) is 2.78. The van der Waals surface area contributed by atoms with Crippen LogP contribution in [0.25, 0.3) is 0 Å². The normalized spacial score (nSPS) is 26.1. The summed E-state index contributed by atoms with van der Waals surface area (Å²) in [5, 5.41) is 1.04. The summed E-state index contributed by atoms with van der Waals surface area (Å²) in [4.78, 5) is 6.83. The molecule has 0 N–H and O–H groups in total. The molecule has 0 amide bonds. The van der Waals surface area contributed by atoms with Crippen LogP contribution in [0.3, 0.4) is 0 Å². The SMILES string of the molecule is CCc1nsc(N2CCOC(C)(CC)C2)n1. The molecule has 1 unspecified atom stereocenters. The van der Waals surface area contributed by atoms with Crippen molar-refractivity contribution < 1.29 is 4.74 Å². The van der Waals surface area contributed by atoms with Gasteiger partial charge in [-0.25, -0.2) is 4.98 Å². The Balaban J connectivity index is 2.09. The van der Waals surface area contributed by atoms with E-state index in [9.17, 15) is 0 Å². The molecule has 0 saturated carbocycles. The van der Waals surface area contributed by atoms with Crippen molar-refractivity contribution in [2.45, 2.75) is 39.2 Å². The van der Waals surface area contributed by atoms with Crippen molar-refractivity contribution in [1.29, 1.82) is 0 Å². The molecule has 0 radical (unpaired) electrons. The van der Waals surface area contributed by atoms with E-state index in [-0.39, 0.29) is 5.60 Å². The molecule has 1 fully saturated rings. The number of hydrogen-bond donors (Lipinski definition) is 0. The van der Waals surface area contributed by atoms with Crippen LogP contribution in [0.4, 0.5) is 5.13 Å². The summed E-state index contributed by atoms with van der Waals surface area (Å²) in [6.45, 7) is 9.05. The second-order valence-corrected chi connectivity index (χ2v) is 5.15. The molecule has 0 aromatic carbocycles.